The Bertz CT molecular complexity index is 155. The smallest absolute Gasteiger partial charge is 0.0558 e. The molecule has 0 spiro atoms. The Hall–Kier alpha value is 0.270. The van der Waals surface area contributed by atoms with Gasteiger partial charge in [0.15, 0.2) is 0 Å². The lowest BCUT2D eigenvalue weighted by Crippen LogP contribution is -2.41. The molecule has 0 aromatic carbocycles. The Morgan fingerprint density at radius 2 is 1.69 bits per heavy atom. The van der Waals surface area contributed by atoms with E-state index < -0.39 is 0 Å². The molecule has 0 bridgehead atoms. The molecule has 1 heterocycles. The molecule has 2 aliphatic rings. The lowest BCUT2D eigenvalue weighted by molar-refractivity contribution is 0.135. The van der Waals surface area contributed by atoms with Crippen LogP contribution in [0.25, 0.3) is 0 Å². The minimum absolute atomic E-state index is 0.333. The van der Waals surface area contributed by atoms with Gasteiger partial charge in [0.2, 0.25) is 0 Å². The fraction of sp³-hybridized carbons (Fsp3) is 1.00. The molecule has 2 fully saturated rings. The number of thioether (sulfide) groups is 1. The predicted octanol–water partition coefficient (Wildman–Crippen LogP) is 1.34. The van der Waals surface area contributed by atoms with Crippen molar-refractivity contribution in [1.29, 1.82) is 0 Å². The van der Waals surface area contributed by atoms with E-state index in [0.717, 1.165) is 18.6 Å². The lowest BCUT2D eigenvalue weighted by atomic mass is 10.1. The van der Waals surface area contributed by atoms with Gasteiger partial charge in [-0.25, -0.2) is 0 Å². The van der Waals surface area contributed by atoms with Crippen molar-refractivity contribution in [3.8, 4) is 0 Å². The number of aliphatic hydroxyl groups excluding tert-OH is 1. The van der Waals surface area contributed by atoms with Crippen LogP contribution in [-0.2, 0) is 0 Å². The number of hydrogen-bond donors (Lipinski definition) is 1. The maximum atomic E-state index is 9.00. The Morgan fingerprint density at radius 3 is 2.23 bits per heavy atom. The van der Waals surface area contributed by atoms with Crippen molar-refractivity contribution in [2.75, 3.05) is 24.7 Å². The molecule has 76 valence electrons. The zero-order valence-electron chi connectivity index (χ0n) is 8.11. The number of hydrogen-bond acceptors (Lipinski definition) is 3. The van der Waals surface area contributed by atoms with E-state index in [2.05, 4.69) is 16.7 Å². The van der Waals surface area contributed by atoms with Crippen LogP contribution in [0.3, 0.4) is 0 Å². The van der Waals surface area contributed by atoms with E-state index in [1.807, 2.05) is 0 Å². The summed E-state index contributed by atoms with van der Waals surface area (Å²) in [6, 6.07) is 1.60. The van der Waals surface area contributed by atoms with E-state index >= 15 is 0 Å². The largest absolute Gasteiger partial charge is 0.395 e. The Balaban J connectivity index is 1.84. The molecule has 1 aliphatic carbocycles. The van der Waals surface area contributed by atoms with Crippen molar-refractivity contribution >= 4 is 11.8 Å². The first-order valence-corrected chi connectivity index (χ1v) is 6.51. The minimum Gasteiger partial charge on any atom is -0.395 e. The molecule has 2 rings (SSSR count). The zero-order valence-corrected chi connectivity index (χ0v) is 8.93. The molecule has 3 heteroatoms. The molecule has 1 aliphatic heterocycles. The maximum absolute atomic E-state index is 9.00. The molecule has 0 amide bonds. The highest BCUT2D eigenvalue weighted by Gasteiger charge is 2.33. The second kappa shape index (κ2) is 4.67. The van der Waals surface area contributed by atoms with Crippen molar-refractivity contribution < 1.29 is 5.11 Å². The van der Waals surface area contributed by atoms with Crippen LogP contribution in [0.2, 0.25) is 0 Å². The predicted molar refractivity (Wildman–Crippen MR) is 57.2 cm³/mol. The summed E-state index contributed by atoms with van der Waals surface area (Å²) < 4.78 is 0. The molecule has 0 unspecified atom stereocenters. The highest BCUT2D eigenvalue weighted by Crippen LogP contribution is 2.32. The normalized spacial score (nSPS) is 25.4. The summed E-state index contributed by atoms with van der Waals surface area (Å²) in [5, 5.41) is 9.00. The molecule has 0 aromatic heterocycles. The third-order valence-corrected chi connectivity index (χ3v) is 4.08. The van der Waals surface area contributed by atoms with Gasteiger partial charge in [0, 0.05) is 18.6 Å². The molecule has 0 aromatic rings. The maximum Gasteiger partial charge on any atom is 0.0558 e. The minimum atomic E-state index is 0.333. The Kier molecular flexibility index (Phi) is 3.52. The first-order valence-electron chi connectivity index (χ1n) is 5.36. The van der Waals surface area contributed by atoms with Crippen LogP contribution < -0.4 is 0 Å². The van der Waals surface area contributed by atoms with Gasteiger partial charge in [-0.2, -0.15) is 11.8 Å². The number of nitrogens with zero attached hydrogens (tertiary/aromatic N) is 1. The van der Waals surface area contributed by atoms with E-state index in [4.69, 9.17) is 5.11 Å². The van der Waals surface area contributed by atoms with E-state index in [-0.39, 0.29) is 0 Å². The summed E-state index contributed by atoms with van der Waals surface area (Å²) in [5.74, 6) is 2.64. The second-order valence-electron chi connectivity index (χ2n) is 4.04. The van der Waals surface area contributed by atoms with Gasteiger partial charge in [0.05, 0.1) is 6.61 Å². The monoisotopic (exact) mass is 201 g/mol. The van der Waals surface area contributed by atoms with Crippen LogP contribution in [0.5, 0.6) is 0 Å². The van der Waals surface area contributed by atoms with E-state index in [1.165, 1.54) is 37.2 Å². The summed E-state index contributed by atoms with van der Waals surface area (Å²) >= 11 is 2.08. The highest BCUT2D eigenvalue weighted by atomic mass is 32.2. The molecular weight excluding hydrogens is 182 g/mol. The topological polar surface area (TPSA) is 23.5 Å². The Labute approximate surface area is 84.7 Å². The molecule has 1 saturated carbocycles. The number of aliphatic hydroxyl groups is 1. The summed E-state index contributed by atoms with van der Waals surface area (Å²) in [6.45, 7) is 1.24. The van der Waals surface area contributed by atoms with Crippen molar-refractivity contribution in [1.82, 2.24) is 4.90 Å². The van der Waals surface area contributed by atoms with Gasteiger partial charge in [-0.3, -0.25) is 4.90 Å². The van der Waals surface area contributed by atoms with Crippen LogP contribution in [0.4, 0.5) is 0 Å². The first-order chi connectivity index (χ1) is 6.42. The fourth-order valence-electron chi connectivity index (χ4n) is 2.20. The van der Waals surface area contributed by atoms with Gasteiger partial charge < -0.3 is 5.11 Å². The third kappa shape index (κ3) is 2.61. The summed E-state index contributed by atoms with van der Waals surface area (Å²) in [5.41, 5.74) is 0. The molecule has 2 nitrogen and oxygen atoms in total. The van der Waals surface area contributed by atoms with E-state index in [1.54, 1.807) is 0 Å². The van der Waals surface area contributed by atoms with Crippen molar-refractivity contribution in [2.24, 2.45) is 0 Å². The van der Waals surface area contributed by atoms with E-state index in [9.17, 15) is 0 Å². The molecule has 1 N–H and O–H groups in total. The summed E-state index contributed by atoms with van der Waals surface area (Å²) in [4.78, 5) is 2.56. The standard InChI is InChI=1S/C10H19NOS/c12-6-5-11(9-1-2-9)10-3-7-13-8-4-10/h9-10,12H,1-8H2. The number of rotatable bonds is 4. The van der Waals surface area contributed by atoms with Crippen LogP contribution in [0, 0.1) is 0 Å². The van der Waals surface area contributed by atoms with Crippen LogP contribution >= 0.6 is 11.8 Å². The molecule has 0 radical (unpaired) electrons. The van der Waals surface area contributed by atoms with Gasteiger partial charge in [-0.15, -0.1) is 0 Å². The van der Waals surface area contributed by atoms with Gasteiger partial charge >= 0.3 is 0 Å². The van der Waals surface area contributed by atoms with Crippen LogP contribution in [0.15, 0.2) is 0 Å². The zero-order chi connectivity index (χ0) is 9.10. The average Bonchev–Trinajstić information content (AvgIpc) is 2.99. The summed E-state index contributed by atoms with van der Waals surface area (Å²) in [7, 11) is 0. The van der Waals surface area contributed by atoms with Gasteiger partial charge in [-0.1, -0.05) is 0 Å². The first kappa shape index (κ1) is 9.81. The average molecular weight is 201 g/mol. The SMILES string of the molecule is OCCN(C1CCSCC1)C1CC1. The van der Waals surface area contributed by atoms with E-state index in [0.29, 0.717) is 6.61 Å². The second-order valence-corrected chi connectivity index (χ2v) is 5.26. The molecule has 1 saturated heterocycles. The van der Waals surface area contributed by atoms with Gasteiger partial charge in [0.1, 0.15) is 0 Å². The van der Waals surface area contributed by atoms with Crippen LogP contribution in [-0.4, -0.2) is 46.7 Å². The van der Waals surface area contributed by atoms with Gasteiger partial charge in [0.25, 0.3) is 0 Å². The third-order valence-electron chi connectivity index (χ3n) is 3.03. The van der Waals surface area contributed by atoms with Crippen molar-refractivity contribution in [3.05, 3.63) is 0 Å². The van der Waals surface area contributed by atoms with Crippen molar-refractivity contribution in [3.63, 3.8) is 0 Å². The summed E-state index contributed by atoms with van der Waals surface area (Å²) in [6.07, 6.45) is 5.40. The quantitative estimate of drug-likeness (QED) is 0.742. The lowest BCUT2D eigenvalue weighted by Gasteiger charge is -2.33. The van der Waals surface area contributed by atoms with Crippen LogP contribution in [0.1, 0.15) is 25.7 Å². The molecular formula is C10H19NOS. The Morgan fingerprint density at radius 1 is 1.08 bits per heavy atom. The molecule has 0 atom stereocenters. The fourth-order valence-corrected chi connectivity index (χ4v) is 3.28. The van der Waals surface area contributed by atoms with Gasteiger partial charge in [-0.05, 0) is 37.2 Å². The van der Waals surface area contributed by atoms with Crippen molar-refractivity contribution in [2.45, 2.75) is 37.8 Å². The molecule has 13 heavy (non-hydrogen) atoms. The highest BCUT2D eigenvalue weighted by molar-refractivity contribution is 7.99.